The van der Waals surface area contributed by atoms with Crippen LogP contribution in [-0.4, -0.2) is 58.0 Å². The van der Waals surface area contributed by atoms with Gasteiger partial charge in [0.25, 0.3) is 0 Å². The normalized spacial score (nSPS) is 15.1. The SMILES string of the molecule is CCC(C)C(N)C(=O)NC(CCC(N)=O)C(=O)NC(CCC(=O)O)C(=O)O. The van der Waals surface area contributed by atoms with Crippen molar-refractivity contribution in [1.29, 1.82) is 0 Å². The first-order valence-corrected chi connectivity index (χ1v) is 8.58. The molecule has 27 heavy (non-hydrogen) atoms. The van der Waals surface area contributed by atoms with E-state index < -0.39 is 54.2 Å². The molecule has 0 fully saturated rings. The minimum atomic E-state index is -1.45. The van der Waals surface area contributed by atoms with Crippen LogP contribution in [0.2, 0.25) is 0 Å². The Balaban J connectivity index is 5.15. The van der Waals surface area contributed by atoms with E-state index in [4.69, 9.17) is 21.7 Å². The predicted octanol–water partition coefficient (Wildman–Crippen LogP) is -1.46. The molecule has 0 saturated heterocycles. The molecule has 0 saturated carbocycles. The molecule has 0 aliphatic rings. The standard InChI is InChI=1S/C16H28N4O7/c1-3-8(2)13(18)15(25)19-9(4-6-11(17)21)14(24)20-10(16(26)27)5-7-12(22)23/h8-10,13H,3-7,18H2,1-2H3,(H2,17,21)(H,19,25)(H,20,24)(H,22,23)(H,26,27). The highest BCUT2D eigenvalue weighted by Crippen LogP contribution is 2.07. The predicted molar refractivity (Wildman–Crippen MR) is 94.2 cm³/mol. The zero-order chi connectivity index (χ0) is 21.1. The Morgan fingerprint density at radius 3 is 1.89 bits per heavy atom. The summed E-state index contributed by atoms with van der Waals surface area (Å²) in [6.45, 7) is 3.60. The summed E-state index contributed by atoms with van der Waals surface area (Å²) in [7, 11) is 0. The van der Waals surface area contributed by atoms with E-state index >= 15 is 0 Å². The summed E-state index contributed by atoms with van der Waals surface area (Å²) >= 11 is 0. The van der Waals surface area contributed by atoms with Gasteiger partial charge >= 0.3 is 11.9 Å². The topological polar surface area (TPSA) is 202 Å². The fraction of sp³-hybridized carbons (Fsp3) is 0.688. The number of nitrogens with one attached hydrogen (secondary N) is 2. The third-order valence-electron chi connectivity index (χ3n) is 4.13. The second kappa shape index (κ2) is 11.8. The summed E-state index contributed by atoms with van der Waals surface area (Å²) < 4.78 is 0. The highest BCUT2D eigenvalue weighted by molar-refractivity contribution is 5.92. The first-order chi connectivity index (χ1) is 12.5. The molecule has 0 spiro atoms. The molecule has 0 bridgehead atoms. The smallest absolute Gasteiger partial charge is 0.326 e. The average molecular weight is 388 g/mol. The summed E-state index contributed by atoms with van der Waals surface area (Å²) in [4.78, 5) is 57.4. The molecule has 0 aliphatic carbocycles. The van der Waals surface area contributed by atoms with E-state index in [0.717, 1.165) is 0 Å². The second-order valence-corrected chi connectivity index (χ2v) is 6.31. The summed E-state index contributed by atoms with van der Waals surface area (Å²) in [6, 6.07) is -3.57. The quantitative estimate of drug-likeness (QED) is 0.220. The van der Waals surface area contributed by atoms with E-state index in [2.05, 4.69) is 10.6 Å². The van der Waals surface area contributed by atoms with Gasteiger partial charge in [0.05, 0.1) is 6.04 Å². The zero-order valence-electron chi connectivity index (χ0n) is 15.4. The highest BCUT2D eigenvalue weighted by atomic mass is 16.4. The molecular formula is C16H28N4O7. The van der Waals surface area contributed by atoms with Gasteiger partial charge in [-0.25, -0.2) is 4.79 Å². The number of nitrogens with two attached hydrogens (primary N) is 2. The lowest BCUT2D eigenvalue weighted by atomic mass is 9.98. The highest BCUT2D eigenvalue weighted by Gasteiger charge is 2.29. The fourth-order valence-corrected chi connectivity index (χ4v) is 2.13. The van der Waals surface area contributed by atoms with Gasteiger partial charge in [-0.1, -0.05) is 20.3 Å². The third-order valence-corrected chi connectivity index (χ3v) is 4.13. The molecule has 0 aromatic rings. The number of carbonyl (C=O) groups excluding carboxylic acids is 3. The van der Waals surface area contributed by atoms with Crippen LogP contribution >= 0.6 is 0 Å². The van der Waals surface area contributed by atoms with E-state index in [1.54, 1.807) is 6.92 Å². The van der Waals surface area contributed by atoms with E-state index in [1.807, 2.05) is 6.92 Å². The average Bonchev–Trinajstić information content (AvgIpc) is 2.59. The van der Waals surface area contributed by atoms with E-state index in [-0.39, 0.29) is 25.2 Å². The number of carboxylic acids is 2. The van der Waals surface area contributed by atoms with Gasteiger partial charge in [0.1, 0.15) is 12.1 Å². The minimum Gasteiger partial charge on any atom is -0.481 e. The fourth-order valence-electron chi connectivity index (χ4n) is 2.13. The summed E-state index contributed by atoms with van der Waals surface area (Å²) in [5.74, 6) is -4.97. The Bertz CT molecular complexity index is 567. The van der Waals surface area contributed by atoms with Crippen LogP contribution in [-0.2, 0) is 24.0 Å². The lowest BCUT2D eigenvalue weighted by molar-refractivity contribution is -0.143. The number of aliphatic carboxylic acids is 2. The molecule has 11 nitrogen and oxygen atoms in total. The lowest BCUT2D eigenvalue weighted by Crippen LogP contribution is -2.55. The van der Waals surface area contributed by atoms with Crippen molar-refractivity contribution in [1.82, 2.24) is 10.6 Å². The largest absolute Gasteiger partial charge is 0.481 e. The molecule has 0 aromatic heterocycles. The first kappa shape index (κ1) is 24.3. The molecular weight excluding hydrogens is 360 g/mol. The molecule has 0 radical (unpaired) electrons. The van der Waals surface area contributed by atoms with Crippen LogP contribution in [0.5, 0.6) is 0 Å². The number of hydrogen-bond acceptors (Lipinski definition) is 6. The Kier molecular flexibility index (Phi) is 10.7. The van der Waals surface area contributed by atoms with Crippen molar-refractivity contribution >= 4 is 29.7 Å². The van der Waals surface area contributed by atoms with Crippen molar-refractivity contribution < 1.29 is 34.2 Å². The molecule has 0 rings (SSSR count). The number of amides is 3. The van der Waals surface area contributed by atoms with Crippen LogP contribution in [0.4, 0.5) is 0 Å². The third kappa shape index (κ3) is 9.54. The van der Waals surface area contributed by atoms with Crippen molar-refractivity contribution in [2.75, 3.05) is 0 Å². The van der Waals surface area contributed by atoms with Gasteiger partial charge in [-0.05, 0) is 18.8 Å². The maximum atomic E-state index is 12.4. The van der Waals surface area contributed by atoms with Crippen molar-refractivity contribution in [3.05, 3.63) is 0 Å². The maximum absolute atomic E-state index is 12.4. The molecule has 8 N–H and O–H groups in total. The molecule has 4 atom stereocenters. The van der Waals surface area contributed by atoms with Gasteiger partial charge in [0, 0.05) is 12.8 Å². The molecule has 11 heteroatoms. The van der Waals surface area contributed by atoms with Crippen molar-refractivity contribution in [2.45, 2.75) is 64.1 Å². The summed E-state index contributed by atoms with van der Waals surface area (Å²) in [5.41, 5.74) is 10.9. The van der Waals surface area contributed by atoms with E-state index in [0.29, 0.717) is 6.42 Å². The van der Waals surface area contributed by atoms with Gasteiger partial charge in [-0.3, -0.25) is 19.2 Å². The van der Waals surface area contributed by atoms with Crippen molar-refractivity contribution in [3.8, 4) is 0 Å². The van der Waals surface area contributed by atoms with E-state index in [9.17, 15) is 24.0 Å². The van der Waals surface area contributed by atoms with Crippen molar-refractivity contribution in [3.63, 3.8) is 0 Å². The van der Waals surface area contributed by atoms with Gasteiger partial charge in [0.2, 0.25) is 17.7 Å². The molecule has 154 valence electrons. The minimum absolute atomic E-state index is 0.147. The number of hydrogen-bond donors (Lipinski definition) is 6. The van der Waals surface area contributed by atoms with Crippen LogP contribution in [0.25, 0.3) is 0 Å². The van der Waals surface area contributed by atoms with Crippen LogP contribution in [0.15, 0.2) is 0 Å². The van der Waals surface area contributed by atoms with Gasteiger partial charge in [-0.2, -0.15) is 0 Å². The van der Waals surface area contributed by atoms with Gasteiger partial charge in [-0.15, -0.1) is 0 Å². The summed E-state index contributed by atoms with van der Waals surface area (Å²) in [5, 5.41) is 22.4. The van der Waals surface area contributed by atoms with Gasteiger partial charge in [0.15, 0.2) is 0 Å². The van der Waals surface area contributed by atoms with Gasteiger partial charge < -0.3 is 32.3 Å². The monoisotopic (exact) mass is 388 g/mol. The molecule has 4 unspecified atom stereocenters. The Morgan fingerprint density at radius 2 is 1.44 bits per heavy atom. The maximum Gasteiger partial charge on any atom is 0.326 e. The summed E-state index contributed by atoms with van der Waals surface area (Å²) in [6.07, 6.45) is -0.536. The number of primary amides is 1. The van der Waals surface area contributed by atoms with E-state index in [1.165, 1.54) is 0 Å². The second-order valence-electron chi connectivity index (χ2n) is 6.31. The Morgan fingerprint density at radius 1 is 0.926 bits per heavy atom. The Labute approximate surface area is 156 Å². The Hall–Kier alpha value is -2.69. The number of carbonyl (C=O) groups is 5. The van der Waals surface area contributed by atoms with Crippen LogP contribution in [0.1, 0.15) is 46.0 Å². The number of carboxylic acid groups (broad SMARTS) is 2. The molecule has 0 aliphatic heterocycles. The van der Waals surface area contributed by atoms with Crippen molar-refractivity contribution in [2.24, 2.45) is 17.4 Å². The zero-order valence-corrected chi connectivity index (χ0v) is 15.4. The van der Waals surface area contributed by atoms with Crippen LogP contribution in [0, 0.1) is 5.92 Å². The lowest BCUT2D eigenvalue weighted by Gasteiger charge is -2.24. The first-order valence-electron chi connectivity index (χ1n) is 8.58. The van der Waals surface area contributed by atoms with Crippen LogP contribution < -0.4 is 22.1 Å². The molecule has 3 amide bonds. The molecule has 0 heterocycles. The van der Waals surface area contributed by atoms with Crippen LogP contribution in [0.3, 0.4) is 0 Å². The molecule has 0 aromatic carbocycles. The number of rotatable bonds is 13.